The molecule has 0 radical (unpaired) electrons. The van der Waals surface area contributed by atoms with Gasteiger partial charge in [0.25, 0.3) is 0 Å². The number of aliphatic hydroxyl groups excluding tert-OH is 1. The maximum Gasteiger partial charge on any atom is 0 e. The van der Waals surface area contributed by atoms with Crippen molar-refractivity contribution in [1.29, 1.82) is 0 Å². The van der Waals surface area contributed by atoms with Crippen molar-refractivity contribution in [1.82, 2.24) is 0 Å². The van der Waals surface area contributed by atoms with Gasteiger partial charge in [-0.05, 0) is 29.7 Å². The number of aliphatic hydroxyl groups is 1. The van der Waals surface area contributed by atoms with Gasteiger partial charge in [-0.2, -0.15) is 0 Å². The molecule has 5 nitrogen and oxygen atoms in total. The summed E-state index contributed by atoms with van der Waals surface area (Å²) < 4.78 is 27.9. The Hall–Kier alpha value is -2.05. The summed E-state index contributed by atoms with van der Waals surface area (Å²) in [5.41, 5.74) is 4.15. The van der Waals surface area contributed by atoms with Crippen LogP contribution in [0.5, 0.6) is 5.75 Å². The summed E-state index contributed by atoms with van der Waals surface area (Å²) in [6.45, 7) is 15.6. The molecule has 1 N–H and O–H groups in total. The normalized spacial score (nSPS) is 7.54. The Labute approximate surface area is 152 Å². The van der Waals surface area contributed by atoms with Crippen LogP contribution in [0.1, 0.15) is 11.1 Å². The van der Waals surface area contributed by atoms with E-state index in [9.17, 15) is 5.11 Å². The Morgan fingerprint density at radius 1 is 0.917 bits per heavy atom. The maximum atomic E-state index is 9.39. The van der Waals surface area contributed by atoms with Crippen molar-refractivity contribution in [3.63, 3.8) is 0 Å². The molecule has 6 heteroatoms. The zero-order valence-electron chi connectivity index (χ0n) is 13.2. The van der Waals surface area contributed by atoms with Crippen LogP contribution in [0.3, 0.4) is 0 Å². The number of aryl methyl sites for hydroxylation is 1. The third kappa shape index (κ3) is 7.48. The smallest absolute Gasteiger partial charge is 0 e. The van der Waals surface area contributed by atoms with E-state index >= 15 is 0 Å². The quantitative estimate of drug-likeness (QED) is 0.670. The zero-order valence-corrected chi connectivity index (χ0v) is 14.5. The van der Waals surface area contributed by atoms with Crippen LogP contribution in [0, 0.1) is 26.9 Å². The summed E-state index contributed by atoms with van der Waals surface area (Å²) >= 11 is 0. The molecule has 0 spiro atoms. The van der Waals surface area contributed by atoms with E-state index in [2.05, 4.69) is 20.0 Å². The fourth-order valence-electron chi connectivity index (χ4n) is 2.06. The Kier molecular flexibility index (Phi) is 19.3. The molecule has 124 valence electrons. The first kappa shape index (κ1) is 26.8. The molecule has 0 atom stereocenters. The predicted molar refractivity (Wildman–Crippen MR) is 80.9 cm³/mol. The number of methoxy groups -OCH3 is 1. The third-order valence-electron chi connectivity index (χ3n) is 2.91. The first-order chi connectivity index (χ1) is 11.3. The molecule has 0 heterocycles. The summed E-state index contributed by atoms with van der Waals surface area (Å²) in [4.78, 5) is 0. The van der Waals surface area contributed by atoms with Gasteiger partial charge in [-0.25, -0.2) is 0 Å². The van der Waals surface area contributed by atoms with Crippen molar-refractivity contribution in [2.24, 2.45) is 0 Å². The van der Waals surface area contributed by atoms with Crippen LogP contribution >= 0.6 is 0 Å². The number of ether oxygens (including phenoxy) is 1. The fourth-order valence-corrected chi connectivity index (χ4v) is 2.06. The zero-order chi connectivity index (χ0) is 18.3. The van der Waals surface area contributed by atoms with Crippen LogP contribution < -0.4 is 4.74 Å². The van der Waals surface area contributed by atoms with Gasteiger partial charge in [0.15, 0.2) is 0 Å². The second kappa shape index (κ2) is 17.3. The van der Waals surface area contributed by atoms with Crippen LogP contribution in [0.15, 0.2) is 42.5 Å². The Morgan fingerprint density at radius 2 is 1.46 bits per heavy atom. The molecule has 0 saturated carbocycles. The minimum atomic E-state index is 0. The van der Waals surface area contributed by atoms with E-state index in [1.807, 2.05) is 49.4 Å². The van der Waals surface area contributed by atoms with E-state index in [4.69, 9.17) is 18.7 Å². The molecule has 2 rings (SSSR count). The van der Waals surface area contributed by atoms with Gasteiger partial charge in [0.1, 0.15) is 5.75 Å². The van der Waals surface area contributed by atoms with E-state index in [0.717, 1.165) is 28.0 Å². The summed E-state index contributed by atoms with van der Waals surface area (Å²) in [6.07, 6.45) is 0. The molecule has 0 bridgehead atoms. The second-order valence-electron chi connectivity index (χ2n) is 3.97. The first-order valence-corrected chi connectivity index (χ1v) is 6.22. The average molecular weight is 364 g/mol. The minimum Gasteiger partial charge on any atom is 0 e. The number of hydrogen-bond donors (Lipinski definition) is 1. The van der Waals surface area contributed by atoms with Gasteiger partial charge in [-0.15, -0.1) is 0 Å². The topological polar surface area (TPSA) is 89.2 Å². The Bertz CT molecular complexity index is 633. The van der Waals surface area contributed by atoms with Gasteiger partial charge in [0.05, 0.1) is 13.7 Å². The van der Waals surface area contributed by atoms with Crippen LogP contribution in [0.2, 0.25) is 0 Å². The molecule has 0 fully saturated rings. The van der Waals surface area contributed by atoms with E-state index in [-0.39, 0.29) is 24.0 Å². The van der Waals surface area contributed by atoms with Crippen molar-refractivity contribution >= 4 is 0 Å². The van der Waals surface area contributed by atoms with Crippen LogP contribution in [0.4, 0.5) is 0 Å². The number of rotatable bonds is 3. The van der Waals surface area contributed by atoms with E-state index in [1.54, 1.807) is 7.11 Å². The van der Waals surface area contributed by atoms with E-state index in [1.165, 1.54) is 0 Å². The third-order valence-corrected chi connectivity index (χ3v) is 2.91. The van der Waals surface area contributed by atoms with Crippen LogP contribution in [-0.4, -0.2) is 12.2 Å². The van der Waals surface area contributed by atoms with Gasteiger partial charge in [-0.1, -0.05) is 36.4 Å². The van der Waals surface area contributed by atoms with Gasteiger partial charge >= 0.3 is 33.9 Å². The standard InChI is InChI=1S/C15H16O2.3CO.Cr/c1-11-6-5-9-14(17-2)15(11)13-8-4-3-7-12(13)10-16;3*1-2;/h3-9,16H,10H2,1-2H3;;;;. The van der Waals surface area contributed by atoms with Crippen LogP contribution in [-0.2, 0) is 37.9 Å². The molecule has 0 aromatic heterocycles. The molecule has 0 amide bonds. The van der Waals surface area contributed by atoms with Crippen molar-refractivity contribution in [2.45, 2.75) is 13.5 Å². The molecule has 2 aromatic carbocycles. The SMILES string of the molecule is COc1cccc(C)c1-c1ccccc1CO.[C-]#[O+].[C-]#[O+].[C-]#[O+].[Cr]. The molecule has 2 aromatic rings. The van der Waals surface area contributed by atoms with Crippen molar-refractivity contribution < 1.29 is 41.2 Å². The van der Waals surface area contributed by atoms with Crippen molar-refractivity contribution in [3.05, 3.63) is 73.5 Å². The summed E-state index contributed by atoms with van der Waals surface area (Å²) in [5.74, 6) is 0.839. The number of hydrogen-bond acceptors (Lipinski definition) is 2. The first-order valence-electron chi connectivity index (χ1n) is 6.22. The second-order valence-corrected chi connectivity index (χ2v) is 3.97. The molecular formula is C18H16CrO5. The largest absolute Gasteiger partial charge is 0 e. The molecule has 24 heavy (non-hydrogen) atoms. The van der Waals surface area contributed by atoms with E-state index < -0.39 is 0 Å². The van der Waals surface area contributed by atoms with Gasteiger partial charge < -0.3 is 9.84 Å². The van der Waals surface area contributed by atoms with Crippen molar-refractivity contribution in [2.75, 3.05) is 7.11 Å². The van der Waals surface area contributed by atoms with Gasteiger partial charge in [0.2, 0.25) is 0 Å². The molecule has 0 aliphatic carbocycles. The molecule has 0 saturated heterocycles. The molecule has 0 aliphatic rings. The van der Waals surface area contributed by atoms with Crippen molar-refractivity contribution in [3.8, 4) is 16.9 Å². The minimum absolute atomic E-state index is 0. The summed E-state index contributed by atoms with van der Waals surface area (Å²) in [6, 6.07) is 13.8. The number of benzene rings is 2. The summed E-state index contributed by atoms with van der Waals surface area (Å²) in [7, 11) is 1.67. The molecular weight excluding hydrogens is 348 g/mol. The Morgan fingerprint density at radius 3 is 1.96 bits per heavy atom. The fraction of sp³-hybridized carbons (Fsp3) is 0.167. The summed E-state index contributed by atoms with van der Waals surface area (Å²) in [5, 5.41) is 9.39. The molecule has 0 aliphatic heterocycles. The van der Waals surface area contributed by atoms with Crippen LogP contribution in [0.25, 0.3) is 11.1 Å². The predicted octanol–water partition coefficient (Wildman–Crippen LogP) is 3.05. The average Bonchev–Trinajstić information content (AvgIpc) is 2.66. The molecule has 0 unspecified atom stereocenters. The Balaban J connectivity index is -0.000000569. The van der Waals surface area contributed by atoms with E-state index in [0.29, 0.717) is 0 Å². The maximum absolute atomic E-state index is 9.39. The monoisotopic (exact) mass is 364 g/mol. The van der Waals surface area contributed by atoms with Gasteiger partial charge in [-0.3, -0.25) is 0 Å². The van der Waals surface area contributed by atoms with Gasteiger partial charge in [0, 0.05) is 22.9 Å².